The van der Waals surface area contributed by atoms with Crippen molar-refractivity contribution in [3.8, 4) is 23.0 Å². The molecule has 2 rings (SSSR count). The zero-order valence-electron chi connectivity index (χ0n) is 17.7. The predicted octanol–water partition coefficient (Wildman–Crippen LogP) is 4.56. The summed E-state index contributed by atoms with van der Waals surface area (Å²) >= 11 is 0. The molecule has 0 radical (unpaired) electrons. The van der Waals surface area contributed by atoms with Gasteiger partial charge in [-0.2, -0.15) is 0 Å². The molecule has 0 saturated heterocycles. The van der Waals surface area contributed by atoms with Crippen LogP contribution in [0.15, 0.2) is 36.4 Å². The van der Waals surface area contributed by atoms with Gasteiger partial charge in [0.1, 0.15) is 28.6 Å². The van der Waals surface area contributed by atoms with Gasteiger partial charge in [0.05, 0.1) is 27.4 Å². The number of hydrogen-bond donors (Lipinski definition) is 0. The molecule has 0 aliphatic carbocycles. The number of benzene rings is 2. The molecule has 1 unspecified atom stereocenters. The summed E-state index contributed by atoms with van der Waals surface area (Å²) in [4.78, 5) is 13.1. The van der Waals surface area contributed by atoms with Crippen LogP contribution in [0, 0.1) is 0 Å². The third-order valence-corrected chi connectivity index (χ3v) is 5.54. The number of ether oxygens (including phenoxy) is 4. The number of carbonyl (C=O) groups excluding carboxylic acids is 1. The summed E-state index contributed by atoms with van der Waals surface area (Å²) in [6.45, 7) is 5.53. The number of carbonyl (C=O) groups is 1. The monoisotopic (exact) mass is 426 g/mol. The van der Waals surface area contributed by atoms with Crippen LogP contribution < -0.4 is 24.3 Å². The van der Waals surface area contributed by atoms with Crippen molar-refractivity contribution in [2.45, 2.75) is 39.5 Å². The third kappa shape index (κ3) is 7.55. The number of hydrogen-bond acceptors (Lipinski definition) is 5. The van der Waals surface area contributed by atoms with Crippen LogP contribution in [0.4, 0.5) is 0 Å². The van der Waals surface area contributed by atoms with Gasteiger partial charge < -0.3 is 18.9 Å². The second kappa shape index (κ2) is 14.4. The first-order chi connectivity index (χ1) is 14.1. The van der Waals surface area contributed by atoms with Gasteiger partial charge in [0.15, 0.2) is 5.52 Å². The van der Waals surface area contributed by atoms with Crippen LogP contribution in [-0.4, -0.2) is 51.8 Å². The Hall–Kier alpha value is -1.66. The molecule has 0 bridgehead atoms. The van der Waals surface area contributed by atoms with Crippen LogP contribution in [0.1, 0.15) is 49.9 Å². The van der Waals surface area contributed by atoms with Crippen LogP contribution in [0.3, 0.4) is 0 Å². The van der Waals surface area contributed by atoms with Crippen LogP contribution in [0.25, 0.3) is 0 Å². The normalized spacial score (nSPS) is 10.5. The van der Waals surface area contributed by atoms with Crippen molar-refractivity contribution in [3.63, 3.8) is 0 Å². The Kier molecular flexibility index (Phi) is 12.6. The molecule has 2 aromatic rings. The Balaban J connectivity index is 0.00000450. The van der Waals surface area contributed by atoms with Gasteiger partial charge >= 0.3 is 18.9 Å². The zero-order valence-corrected chi connectivity index (χ0v) is 18.7. The first-order valence-corrected chi connectivity index (χ1v) is 11.1. The molecule has 30 heavy (non-hydrogen) atoms. The topological polar surface area (TPSA) is 54.0 Å². The Morgan fingerprint density at radius 3 is 2.03 bits per heavy atom. The molecule has 5 nitrogen and oxygen atoms in total. The van der Waals surface area contributed by atoms with E-state index in [0.717, 1.165) is 36.7 Å². The van der Waals surface area contributed by atoms with E-state index in [1.165, 1.54) is 0 Å². The van der Waals surface area contributed by atoms with E-state index in [2.05, 4.69) is 13.8 Å². The van der Waals surface area contributed by atoms with E-state index in [9.17, 15) is 4.79 Å². The van der Waals surface area contributed by atoms with Crippen molar-refractivity contribution in [2.24, 2.45) is 0 Å². The summed E-state index contributed by atoms with van der Waals surface area (Å²) in [5.74, 6) is 2.48. The van der Waals surface area contributed by atoms with Crippen molar-refractivity contribution < 1.29 is 23.7 Å². The van der Waals surface area contributed by atoms with Gasteiger partial charge in [-0.05, 0) is 45.7 Å². The molecule has 0 saturated carbocycles. The van der Waals surface area contributed by atoms with E-state index < -0.39 is 0 Å². The molecule has 1 atom stereocenters. The Labute approximate surface area is 193 Å². The molecule has 0 aliphatic heterocycles. The van der Waals surface area contributed by atoms with Gasteiger partial charge in [0, 0.05) is 11.4 Å². The molecule has 0 heterocycles. The molecular formula is C23H32LiO5P. The van der Waals surface area contributed by atoms with E-state index in [0.29, 0.717) is 36.0 Å². The van der Waals surface area contributed by atoms with E-state index in [-0.39, 0.29) is 33.0 Å². The standard InChI is InChI=1S/C23H31O5P.Li.H/c1-5-7-14-27-17-12-13-21(20(16-17)28-15-8-6-2)29-23(24)22-18(25-3)10-9-11-19(22)26-4;;/h9-13,16,29H,5-8,14-15H2,1-4H3;;. The third-order valence-electron chi connectivity index (χ3n) is 4.38. The minimum absolute atomic E-state index is 0. The van der Waals surface area contributed by atoms with Crippen molar-refractivity contribution in [3.05, 3.63) is 42.0 Å². The fraction of sp³-hybridized carbons (Fsp3) is 0.435. The van der Waals surface area contributed by atoms with Crippen LogP contribution in [0.2, 0.25) is 0 Å². The van der Waals surface area contributed by atoms with Gasteiger partial charge in [0.25, 0.3) is 0 Å². The summed E-state index contributed by atoms with van der Waals surface area (Å²) < 4.78 is 22.6. The molecular weight excluding hydrogens is 394 g/mol. The summed E-state index contributed by atoms with van der Waals surface area (Å²) in [7, 11) is 2.99. The summed E-state index contributed by atoms with van der Waals surface area (Å²) in [6.07, 6.45) is 4.08. The molecule has 2 aromatic carbocycles. The molecule has 7 heteroatoms. The second-order valence-corrected chi connectivity index (χ2v) is 7.80. The molecule has 0 spiro atoms. The molecule has 160 valence electrons. The summed E-state index contributed by atoms with van der Waals surface area (Å²) in [5.41, 5.74) is 0.401. The van der Waals surface area contributed by atoms with Crippen molar-refractivity contribution >= 4 is 38.3 Å². The van der Waals surface area contributed by atoms with Crippen LogP contribution >= 0.6 is 8.58 Å². The fourth-order valence-corrected chi connectivity index (χ4v) is 3.79. The van der Waals surface area contributed by atoms with E-state index >= 15 is 0 Å². The van der Waals surface area contributed by atoms with Gasteiger partial charge in [0.2, 0.25) is 0 Å². The number of methoxy groups -OCH3 is 2. The second-order valence-electron chi connectivity index (χ2n) is 6.55. The average molecular weight is 426 g/mol. The van der Waals surface area contributed by atoms with E-state index in [1.54, 1.807) is 32.4 Å². The van der Waals surface area contributed by atoms with Crippen molar-refractivity contribution in [2.75, 3.05) is 27.4 Å². The Morgan fingerprint density at radius 1 is 0.867 bits per heavy atom. The van der Waals surface area contributed by atoms with Gasteiger partial charge in [-0.1, -0.05) is 32.8 Å². The summed E-state index contributed by atoms with van der Waals surface area (Å²) in [6, 6.07) is 11.0. The Morgan fingerprint density at radius 2 is 1.47 bits per heavy atom. The molecule has 0 fully saturated rings. The Bertz CT molecular complexity index is 775. The van der Waals surface area contributed by atoms with Crippen LogP contribution in [0.5, 0.6) is 23.0 Å². The van der Waals surface area contributed by atoms with Crippen LogP contribution in [-0.2, 0) is 0 Å². The average Bonchev–Trinajstić information content (AvgIpc) is 2.74. The molecule has 0 aromatic heterocycles. The maximum absolute atomic E-state index is 13.1. The fourth-order valence-electron chi connectivity index (χ4n) is 2.74. The number of unbranched alkanes of at least 4 members (excludes halogenated alkanes) is 2. The molecule has 0 N–H and O–H groups in total. The first kappa shape index (κ1) is 26.4. The first-order valence-electron chi connectivity index (χ1n) is 10.1. The van der Waals surface area contributed by atoms with Gasteiger partial charge in [-0.3, -0.25) is 4.79 Å². The molecule has 0 aliphatic rings. The van der Waals surface area contributed by atoms with Gasteiger partial charge in [-0.15, -0.1) is 0 Å². The van der Waals surface area contributed by atoms with Crippen molar-refractivity contribution in [1.82, 2.24) is 0 Å². The SMILES string of the molecule is CCCCOc1ccc(PC(=O)c2c(OC)cccc2OC)c(OCCCC)c1.[LiH]. The minimum atomic E-state index is -0.115. The number of rotatable bonds is 13. The maximum atomic E-state index is 13.1. The van der Waals surface area contributed by atoms with E-state index in [1.807, 2.05) is 18.2 Å². The van der Waals surface area contributed by atoms with Gasteiger partial charge in [-0.25, -0.2) is 0 Å². The van der Waals surface area contributed by atoms with Crippen molar-refractivity contribution in [1.29, 1.82) is 0 Å². The van der Waals surface area contributed by atoms with E-state index in [4.69, 9.17) is 18.9 Å². The molecule has 0 amide bonds. The predicted molar refractivity (Wildman–Crippen MR) is 126 cm³/mol. The quantitative estimate of drug-likeness (QED) is 0.267. The summed E-state index contributed by atoms with van der Waals surface area (Å²) in [5, 5.41) is 0.849. The zero-order chi connectivity index (χ0) is 21.1.